The van der Waals surface area contributed by atoms with Gasteiger partial charge in [0.2, 0.25) is 0 Å². The number of pyridine rings is 1. The van der Waals surface area contributed by atoms with Crippen LogP contribution in [0.5, 0.6) is 5.75 Å². The van der Waals surface area contributed by atoms with Crippen molar-refractivity contribution < 1.29 is 9.53 Å². The highest BCUT2D eigenvalue weighted by Crippen LogP contribution is 2.29. The van der Waals surface area contributed by atoms with Crippen LogP contribution in [0.2, 0.25) is 0 Å². The summed E-state index contributed by atoms with van der Waals surface area (Å²) in [7, 11) is 0. The molecule has 2 amide bonds. The second kappa shape index (κ2) is 7.33. The van der Waals surface area contributed by atoms with Gasteiger partial charge in [-0.3, -0.25) is 9.67 Å². The maximum atomic E-state index is 12.2. The Balaban J connectivity index is 1.62. The van der Waals surface area contributed by atoms with Gasteiger partial charge in [0, 0.05) is 12.4 Å². The number of hydrogen-bond acceptors (Lipinski definition) is 4. The minimum atomic E-state index is -0.333. The van der Waals surface area contributed by atoms with Gasteiger partial charge in [-0.05, 0) is 32.8 Å². The minimum absolute atomic E-state index is 0.00227. The Kier molecular flexibility index (Phi) is 4.98. The van der Waals surface area contributed by atoms with Crippen molar-refractivity contribution in [3.63, 3.8) is 0 Å². The maximum Gasteiger partial charge on any atom is 0.323 e. The lowest BCUT2D eigenvalue weighted by atomic mass is 10.3. The SMILES string of the molecule is CC(C)Oc1cnccc1NC(=O)Nc1cnn(C2CCCC2)c1. The number of carbonyl (C=O) groups is 1. The predicted molar refractivity (Wildman–Crippen MR) is 92.4 cm³/mol. The average molecular weight is 329 g/mol. The standard InChI is InChI=1S/C17H23N5O2/c1-12(2)24-16-10-18-8-7-15(16)21-17(23)20-13-9-19-22(11-13)14-5-3-4-6-14/h7-12,14H,3-6H2,1-2H3,(H2,18,20,21,23). The van der Waals surface area contributed by atoms with Crippen molar-refractivity contribution in [3.05, 3.63) is 30.9 Å². The van der Waals surface area contributed by atoms with Crippen molar-refractivity contribution in [1.82, 2.24) is 14.8 Å². The molecule has 1 aliphatic rings. The molecule has 0 saturated heterocycles. The molecule has 3 rings (SSSR count). The summed E-state index contributed by atoms with van der Waals surface area (Å²) in [6.45, 7) is 3.85. The zero-order valence-corrected chi connectivity index (χ0v) is 14.0. The molecule has 1 aliphatic carbocycles. The summed E-state index contributed by atoms with van der Waals surface area (Å²) in [4.78, 5) is 16.2. The third-order valence-electron chi connectivity index (χ3n) is 3.95. The molecule has 0 unspecified atom stereocenters. The molecule has 7 nitrogen and oxygen atoms in total. The molecule has 2 aromatic heterocycles. The van der Waals surface area contributed by atoms with E-state index in [1.807, 2.05) is 24.7 Å². The van der Waals surface area contributed by atoms with Crippen LogP contribution in [0.1, 0.15) is 45.6 Å². The molecule has 2 N–H and O–H groups in total. The van der Waals surface area contributed by atoms with E-state index in [-0.39, 0.29) is 12.1 Å². The van der Waals surface area contributed by atoms with Crippen molar-refractivity contribution >= 4 is 17.4 Å². The largest absolute Gasteiger partial charge is 0.487 e. The first kappa shape index (κ1) is 16.3. The van der Waals surface area contributed by atoms with Crippen LogP contribution in [0.25, 0.3) is 0 Å². The highest BCUT2D eigenvalue weighted by Gasteiger charge is 2.18. The molecule has 0 aromatic carbocycles. The molecule has 0 spiro atoms. The first-order valence-corrected chi connectivity index (χ1v) is 8.34. The summed E-state index contributed by atoms with van der Waals surface area (Å²) in [5.41, 5.74) is 1.26. The van der Waals surface area contributed by atoms with E-state index < -0.39 is 0 Å². The van der Waals surface area contributed by atoms with Crippen molar-refractivity contribution in [3.8, 4) is 5.75 Å². The Labute approximate surface area is 141 Å². The van der Waals surface area contributed by atoms with Gasteiger partial charge in [-0.25, -0.2) is 4.79 Å². The Morgan fingerprint density at radius 2 is 2.08 bits per heavy atom. The molecule has 0 aliphatic heterocycles. The van der Waals surface area contributed by atoms with E-state index in [1.165, 1.54) is 12.8 Å². The number of aromatic nitrogens is 3. The number of anilines is 2. The van der Waals surface area contributed by atoms with Crippen LogP contribution in [0.4, 0.5) is 16.2 Å². The zero-order valence-electron chi connectivity index (χ0n) is 14.0. The van der Waals surface area contributed by atoms with Crippen molar-refractivity contribution in [2.45, 2.75) is 51.7 Å². The highest BCUT2D eigenvalue weighted by molar-refractivity contribution is 6.00. The topological polar surface area (TPSA) is 81.1 Å². The number of urea groups is 1. The fourth-order valence-electron chi connectivity index (χ4n) is 2.89. The van der Waals surface area contributed by atoms with Crippen LogP contribution >= 0.6 is 0 Å². The summed E-state index contributed by atoms with van der Waals surface area (Å²) in [5.74, 6) is 0.546. The van der Waals surface area contributed by atoms with Gasteiger partial charge in [0.1, 0.15) is 0 Å². The smallest absolute Gasteiger partial charge is 0.323 e. The predicted octanol–water partition coefficient (Wildman–Crippen LogP) is 3.82. The molecule has 1 fully saturated rings. The fourth-order valence-corrected chi connectivity index (χ4v) is 2.89. The molecule has 1 saturated carbocycles. The lowest BCUT2D eigenvalue weighted by Crippen LogP contribution is -2.20. The average Bonchev–Trinajstić information content (AvgIpc) is 3.19. The number of amides is 2. The summed E-state index contributed by atoms with van der Waals surface area (Å²) in [5, 5.41) is 9.95. The van der Waals surface area contributed by atoms with Gasteiger partial charge in [-0.15, -0.1) is 0 Å². The van der Waals surface area contributed by atoms with Gasteiger partial charge in [-0.2, -0.15) is 5.10 Å². The molecule has 0 atom stereocenters. The first-order chi connectivity index (χ1) is 11.6. The van der Waals surface area contributed by atoms with Crippen molar-refractivity contribution in [1.29, 1.82) is 0 Å². The van der Waals surface area contributed by atoms with E-state index in [0.717, 1.165) is 12.8 Å². The molecule has 2 heterocycles. The van der Waals surface area contributed by atoms with Gasteiger partial charge in [0.25, 0.3) is 0 Å². The summed E-state index contributed by atoms with van der Waals surface area (Å²) >= 11 is 0. The van der Waals surface area contributed by atoms with Gasteiger partial charge < -0.3 is 15.4 Å². The Bertz CT molecular complexity index is 692. The van der Waals surface area contributed by atoms with Crippen LogP contribution < -0.4 is 15.4 Å². The number of nitrogens with one attached hydrogen (secondary N) is 2. The van der Waals surface area contributed by atoms with E-state index in [4.69, 9.17) is 4.74 Å². The molecule has 128 valence electrons. The number of rotatable bonds is 5. The molecule has 0 radical (unpaired) electrons. The Morgan fingerprint density at radius 1 is 1.29 bits per heavy atom. The van der Waals surface area contributed by atoms with Crippen LogP contribution in [0.3, 0.4) is 0 Å². The summed E-state index contributed by atoms with van der Waals surface area (Å²) in [6.07, 6.45) is 11.6. The number of nitrogens with zero attached hydrogens (tertiary/aromatic N) is 3. The normalized spacial score (nSPS) is 14.8. The third kappa shape index (κ3) is 4.04. The molecular weight excluding hydrogens is 306 g/mol. The van der Waals surface area contributed by atoms with Crippen molar-refractivity contribution in [2.24, 2.45) is 0 Å². The molecule has 7 heteroatoms. The summed E-state index contributed by atoms with van der Waals surface area (Å²) < 4.78 is 7.59. The number of hydrogen-bond donors (Lipinski definition) is 2. The number of ether oxygens (including phenoxy) is 1. The fraction of sp³-hybridized carbons (Fsp3) is 0.471. The number of carbonyl (C=O) groups excluding carboxylic acids is 1. The molecule has 0 bridgehead atoms. The Hall–Kier alpha value is -2.57. The molecule has 2 aromatic rings. The van der Waals surface area contributed by atoms with Gasteiger partial charge in [0.15, 0.2) is 5.75 Å². The van der Waals surface area contributed by atoms with E-state index in [9.17, 15) is 4.79 Å². The first-order valence-electron chi connectivity index (χ1n) is 8.34. The summed E-state index contributed by atoms with van der Waals surface area (Å²) in [6, 6.07) is 1.83. The van der Waals surface area contributed by atoms with Gasteiger partial charge in [-0.1, -0.05) is 12.8 Å². The maximum absolute atomic E-state index is 12.2. The Morgan fingerprint density at radius 3 is 2.83 bits per heavy atom. The van der Waals surface area contributed by atoms with Gasteiger partial charge >= 0.3 is 6.03 Å². The highest BCUT2D eigenvalue weighted by atomic mass is 16.5. The van der Waals surface area contributed by atoms with Crippen LogP contribution in [0, 0.1) is 0 Å². The molecule has 24 heavy (non-hydrogen) atoms. The lowest BCUT2D eigenvalue weighted by Gasteiger charge is -2.14. The zero-order chi connectivity index (χ0) is 16.9. The quantitative estimate of drug-likeness (QED) is 0.873. The van der Waals surface area contributed by atoms with Crippen LogP contribution in [0.15, 0.2) is 30.9 Å². The third-order valence-corrected chi connectivity index (χ3v) is 3.95. The van der Waals surface area contributed by atoms with E-state index >= 15 is 0 Å². The monoisotopic (exact) mass is 329 g/mol. The van der Waals surface area contributed by atoms with Crippen LogP contribution in [-0.4, -0.2) is 26.9 Å². The van der Waals surface area contributed by atoms with Crippen LogP contribution in [-0.2, 0) is 0 Å². The second-order valence-corrected chi connectivity index (χ2v) is 6.26. The van der Waals surface area contributed by atoms with Crippen molar-refractivity contribution in [2.75, 3.05) is 10.6 Å². The van der Waals surface area contributed by atoms with Gasteiger partial charge in [0.05, 0.1) is 35.9 Å². The van der Waals surface area contributed by atoms with E-state index in [2.05, 4.69) is 20.7 Å². The minimum Gasteiger partial charge on any atom is -0.487 e. The lowest BCUT2D eigenvalue weighted by molar-refractivity contribution is 0.242. The molecular formula is C17H23N5O2. The van der Waals surface area contributed by atoms with E-state index in [0.29, 0.717) is 23.2 Å². The van der Waals surface area contributed by atoms with E-state index in [1.54, 1.807) is 24.7 Å². The second-order valence-electron chi connectivity index (χ2n) is 6.26.